The van der Waals surface area contributed by atoms with Crippen molar-refractivity contribution >= 4 is 17.5 Å². The van der Waals surface area contributed by atoms with Gasteiger partial charge in [-0.25, -0.2) is 4.39 Å². The third-order valence-corrected chi connectivity index (χ3v) is 4.32. The summed E-state index contributed by atoms with van der Waals surface area (Å²) < 4.78 is 51.9. The van der Waals surface area contributed by atoms with Gasteiger partial charge in [0.1, 0.15) is 11.9 Å². The number of alkyl halides is 3. The number of amides is 2. The van der Waals surface area contributed by atoms with Gasteiger partial charge in [0, 0.05) is 12.5 Å². The maximum absolute atomic E-state index is 13.7. The number of halogens is 4. The Morgan fingerprint density at radius 3 is 2.50 bits per heavy atom. The van der Waals surface area contributed by atoms with Crippen molar-refractivity contribution in [2.24, 2.45) is 5.92 Å². The Hall–Kier alpha value is -2.12. The second kappa shape index (κ2) is 6.07. The van der Waals surface area contributed by atoms with Gasteiger partial charge >= 0.3 is 6.18 Å². The molecule has 0 bridgehead atoms. The van der Waals surface area contributed by atoms with Gasteiger partial charge in [0.05, 0.1) is 11.3 Å². The largest absolute Gasteiger partial charge is 0.416 e. The molecular weight excluding hydrogens is 328 g/mol. The summed E-state index contributed by atoms with van der Waals surface area (Å²) in [6.07, 6.45) is -1.97. The fourth-order valence-corrected chi connectivity index (χ4v) is 2.88. The van der Waals surface area contributed by atoms with E-state index >= 15 is 0 Å². The highest BCUT2D eigenvalue weighted by atomic mass is 19.4. The molecule has 1 N–H and O–H groups in total. The van der Waals surface area contributed by atoms with Gasteiger partial charge in [0.15, 0.2) is 0 Å². The zero-order chi connectivity index (χ0) is 17.5. The number of likely N-dealkylation sites (tertiary alicyclic amines) is 1. The highest BCUT2D eigenvalue weighted by Crippen LogP contribution is 2.35. The lowest BCUT2D eigenvalue weighted by molar-refractivity contribution is -0.137. The number of hydrogen-bond donors (Lipinski definition) is 1. The Bertz CT molecular complexity index is 671. The van der Waals surface area contributed by atoms with Crippen LogP contribution in [-0.2, 0) is 15.8 Å². The molecule has 24 heavy (non-hydrogen) atoms. The van der Waals surface area contributed by atoms with E-state index in [4.69, 9.17) is 0 Å². The molecule has 1 atom stereocenters. The van der Waals surface area contributed by atoms with Gasteiger partial charge in [0.2, 0.25) is 11.8 Å². The Morgan fingerprint density at radius 2 is 1.88 bits per heavy atom. The molecule has 8 heteroatoms. The van der Waals surface area contributed by atoms with Crippen LogP contribution in [0.15, 0.2) is 18.2 Å². The number of carbonyl (C=O) groups is 2. The SMILES string of the molecule is O=C(Nc1cc(C(F)(F)F)ccc1F)[C@H]1CCCN1C(=O)C1CC1. The van der Waals surface area contributed by atoms with Crippen LogP contribution < -0.4 is 5.32 Å². The molecule has 1 aromatic carbocycles. The molecule has 1 saturated heterocycles. The highest BCUT2D eigenvalue weighted by Gasteiger charge is 2.41. The molecule has 0 unspecified atom stereocenters. The van der Waals surface area contributed by atoms with E-state index in [9.17, 15) is 27.2 Å². The molecule has 2 fully saturated rings. The van der Waals surface area contributed by atoms with Crippen LogP contribution in [0.5, 0.6) is 0 Å². The van der Waals surface area contributed by atoms with Gasteiger partial charge in [-0.15, -0.1) is 0 Å². The second-order valence-electron chi connectivity index (χ2n) is 6.15. The monoisotopic (exact) mass is 344 g/mol. The predicted molar refractivity (Wildman–Crippen MR) is 77.5 cm³/mol. The fraction of sp³-hybridized carbons (Fsp3) is 0.500. The lowest BCUT2D eigenvalue weighted by Crippen LogP contribution is -2.44. The molecule has 1 aliphatic carbocycles. The maximum Gasteiger partial charge on any atom is 0.416 e. The summed E-state index contributed by atoms with van der Waals surface area (Å²) in [5.41, 5.74) is -1.57. The molecule has 1 aliphatic heterocycles. The molecule has 2 amide bonds. The number of nitrogens with one attached hydrogen (secondary N) is 1. The summed E-state index contributed by atoms with van der Waals surface area (Å²) in [5.74, 6) is -1.75. The third-order valence-electron chi connectivity index (χ3n) is 4.32. The Labute approximate surface area is 135 Å². The summed E-state index contributed by atoms with van der Waals surface area (Å²) in [6.45, 7) is 0.443. The average molecular weight is 344 g/mol. The van der Waals surface area contributed by atoms with Gasteiger partial charge in [-0.3, -0.25) is 9.59 Å². The summed E-state index contributed by atoms with van der Waals surface area (Å²) in [6, 6.07) is 1.09. The predicted octanol–water partition coefficient (Wildman–Crippen LogP) is 3.18. The van der Waals surface area contributed by atoms with Crippen molar-refractivity contribution in [3.8, 4) is 0 Å². The van der Waals surface area contributed by atoms with Crippen LogP contribution in [0.1, 0.15) is 31.2 Å². The van der Waals surface area contributed by atoms with E-state index in [0.717, 1.165) is 12.8 Å². The van der Waals surface area contributed by atoms with Crippen molar-refractivity contribution < 1.29 is 27.2 Å². The summed E-state index contributed by atoms with van der Waals surface area (Å²) in [4.78, 5) is 25.9. The molecule has 2 aliphatic rings. The zero-order valence-electron chi connectivity index (χ0n) is 12.7. The van der Waals surface area contributed by atoms with Crippen molar-refractivity contribution in [3.05, 3.63) is 29.6 Å². The van der Waals surface area contributed by atoms with Crippen LogP contribution in [0, 0.1) is 11.7 Å². The number of carbonyl (C=O) groups excluding carboxylic acids is 2. The first-order valence-electron chi connectivity index (χ1n) is 7.75. The Morgan fingerprint density at radius 1 is 1.17 bits per heavy atom. The molecule has 4 nitrogen and oxygen atoms in total. The minimum Gasteiger partial charge on any atom is -0.330 e. The molecule has 3 rings (SSSR count). The van der Waals surface area contributed by atoms with E-state index in [0.29, 0.717) is 37.6 Å². The second-order valence-corrected chi connectivity index (χ2v) is 6.15. The van der Waals surface area contributed by atoms with E-state index in [1.165, 1.54) is 4.90 Å². The lowest BCUT2D eigenvalue weighted by atomic mass is 10.1. The van der Waals surface area contributed by atoms with Gasteiger partial charge in [0.25, 0.3) is 0 Å². The number of nitrogens with zero attached hydrogens (tertiary/aromatic N) is 1. The maximum atomic E-state index is 13.7. The first-order valence-corrected chi connectivity index (χ1v) is 7.75. The average Bonchev–Trinajstić information content (AvgIpc) is 3.24. The molecule has 1 heterocycles. The molecule has 1 saturated carbocycles. The van der Waals surface area contributed by atoms with Crippen LogP contribution in [0.25, 0.3) is 0 Å². The Balaban J connectivity index is 1.75. The summed E-state index contributed by atoms with van der Waals surface area (Å²) >= 11 is 0. The van der Waals surface area contributed by atoms with E-state index in [-0.39, 0.29) is 11.8 Å². The van der Waals surface area contributed by atoms with E-state index in [2.05, 4.69) is 5.32 Å². The van der Waals surface area contributed by atoms with E-state index in [1.54, 1.807) is 0 Å². The number of benzene rings is 1. The van der Waals surface area contributed by atoms with Crippen molar-refractivity contribution in [2.75, 3.05) is 11.9 Å². The number of hydrogen-bond acceptors (Lipinski definition) is 2. The number of anilines is 1. The van der Waals surface area contributed by atoms with Gasteiger partial charge in [-0.2, -0.15) is 13.2 Å². The lowest BCUT2D eigenvalue weighted by Gasteiger charge is -2.24. The molecular formula is C16H16F4N2O2. The fourth-order valence-electron chi connectivity index (χ4n) is 2.88. The van der Waals surface area contributed by atoms with Crippen LogP contribution >= 0.6 is 0 Å². The Kier molecular flexibility index (Phi) is 4.23. The standard InChI is InChI=1S/C16H16F4N2O2/c17-11-6-5-10(16(18,19)20)8-12(11)21-14(23)13-2-1-7-22(13)15(24)9-3-4-9/h5-6,8-9,13H,1-4,7H2,(H,21,23)/t13-/m1/s1. The van der Waals surface area contributed by atoms with Crippen molar-refractivity contribution in [3.63, 3.8) is 0 Å². The molecule has 0 radical (unpaired) electrons. The summed E-state index contributed by atoms with van der Waals surface area (Å²) in [5, 5.41) is 2.20. The summed E-state index contributed by atoms with van der Waals surface area (Å²) in [7, 11) is 0. The molecule has 0 spiro atoms. The minimum atomic E-state index is -4.63. The van der Waals surface area contributed by atoms with Crippen LogP contribution in [0.3, 0.4) is 0 Å². The topological polar surface area (TPSA) is 49.4 Å². The van der Waals surface area contributed by atoms with E-state index < -0.39 is 35.2 Å². The van der Waals surface area contributed by atoms with Crippen LogP contribution in [0.4, 0.5) is 23.2 Å². The molecule has 0 aromatic heterocycles. The van der Waals surface area contributed by atoms with Crippen molar-refractivity contribution in [1.29, 1.82) is 0 Å². The normalized spacial score (nSPS) is 21.0. The first kappa shape index (κ1) is 16.7. The molecule has 130 valence electrons. The smallest absolute Gasteiger partial charge is 0.330 e. The van der Waals surface area contributed by atoms with Crippen LogP contribution in [0.2, 0.25) is 0 Å². The van der Waals surface area contributed by atoms with Crippen LogP contribution in [-0.4, -0.2) is 29.3 Å². The van der Waals surface area contributed by atoms with Crippen molar-refractivity contribution in [2.45, 2.75) is 37.9 Å². The third kappa shape index (κ3) is 3.37. The molecule has 1 aromatic rings. The zero-order valence-corrected chi connectivity index (χ0v) is 12.7. The van der Waals surface area contributed by atoms with E-state index in [1.807, 2.05) is 0 Å². The highest BCUT2D eigenvalue weighted by molar-refractivity contribution is 5.98. The van der Waals surface area contributed by atoms with Crippen molar-refractivity contribution in [1.82, 2.24) is 4.90 Å². The van der Waals surface area contributed by atoms with Gasteiger partial charge < -0.3 is 10.2 Å². The number of rotatable bonds is 3. The quantitative estimate of drug-likeness (QED) is 0.856. The first-order chi connectivity index (χ1) is 11.3. The van der Waals surface area contributed by atoms with Gasteiger partial charge in [-0.1, -0.05) is 0 Å². The minimum absolute atomic E-state index is 0.0521. The van der Waals surface area contributed by atoms with Gasteiger partial charge in [-0.05, 0) is 43.9 Å².